The lowest BCUT2D eigenvalue weighted by molar-refractivity contribution is 1.34. The van der Waals surface area contributed by atoms with Gasteiger partial charge in [0.15, 0.2) is 0 Å². The van der Waals surface area contributed by atoms with E-state index in [0.29, 0.717) is 0 Å². The van der Waals surface area contributed by atoms with Crippen molar-refractivity contribution in [2.45, 2.75) is 4.90 Å². The Hall–Kier alpha value is -1.74. The molecule has 0 aliphatic heterocycles. The van der Waals surface area contributed by atoms with E-state index in [4.69, 9.17) is 0 Å². The summed E-state index contributed by atoms with van der Waals surface area (Å²) in [7, 11) is 0. The molecule has 2 aromatic rings. The summed E-state index contributed by atoms with van der Waals surface area (Å²) < 4.78 is 0. The van der Waals surface area contributed by atoms with E-state index in [1.165, 1.54) is 0 Å². The SMILES string of the molecule is Sc1ccccc1C=NNc1ccccc1. The lowest BCUT2D eigenvalue weighted by Gasteiger charge is -1.99. The van der Waals surface area contributed by atoms with E-state index in [9.17, 15) is 0 Å². The van der Waals surface area contributed by atoms with Crippen LogP contribution in [0, 0.1) is 0 Å². The lowest BCUT2D eigenvalue weighted by Crippen LogP contribution is -1.90. The molecule has 16 heavy (non-hydrogen) atoms. The van der Waals surface area contributed by atoms with E-state index >= 15 is 0 Å². The molecule has 0 fully saturated rings. The number of nitrogens with zero attached hydrogens (tertiary/aromatic N) is 1. The molecule has 0 saturated carbocycles. The number of anilines is 1. The molecule has 0 amide bonds. The van der Waals surface area contributed by atoms with Crippen LogP contribution in [0.4, 0.5) is 5.69 Å². The smallest absolute Gasteiger partial charge is 0.0561 e. The Kier molecular flexibility index (Phi) is 3.62. The van der Waals surface area contributed by atoms with Crippen LogP contribution >= 0.6 is 12.6 Å². The highest BCUT2D eigenvalue weighted by molar-refractivity contribution is 7.80. The van der Waals surface area contributed by atoms with Crippen LogP contribution in [0.5, 0.6) is 0 Å². The fraction of sp³-hybridized carbons (Fsp3) is 0. The van der Waals surface area contributed by atoms with Gasteiger partial charge in [-0.05, 0) is 18.2 Å². The summed E-state index contributed by atoms with van der Waals surface area (Å²) >= 11 is 4.34. The summed E-state index contributed by atoms with van der Waals surface area (Å²) in [5.74, 6) is 0. The van der Waals surface area contributed by atoms with Gasteiger partial charge in [-0.3, -0.25) is 5.43 Å². The van der Waals surface area contributed by atoms with Crippen LogP contribution in [-0.4, -0.2) is 6.21 Å². The monoisotopic (exact) mass is 228 g/mol. The van der Waals surface area contributed by atoms with E-state index in [-0.39, 0.29) is 0 Å². The molecule has 2 nitrogen and oxygen atoms in total. The molecule has 0 aromatic heterocycles. The number of hydrazone groups is 1. The van der Waals surface area contributed by atoms with Gasteiger partial charge in [-0.15, -0.1) is 12.6 Å². The summed E-state index contributed by atoms with van der Waals surface area (Å²) in [6, 6.07) is 17.6. The average Bonchev–Trinajstić information content (AvgIpc) is 2.33. The number of hydrogen-bond acceptors (Lipinski definition) is 3. The standard InChI is InChI=1S/C13H12N2S/c16-13-9-5-4-6-11(13)10-14-15-12-7-2-1-3-8-12/h1-10,15-16H. The van der Waals surface area contributed by atoms with Crippen LogP contribution in [-0.2, 0) is 0 Å². The first-order valence-corrected chi connectivity index (χ1v) is 5.43. The quantitative estimate of drug-likeness (QED) is 0.469. The normalized spacial score (nSPS) is 10.6. The molecule has 2 aromatic carbocycles. The molecule has 0 heterocycles. The van der Waals surface area contributed by atoms with Gasteiger partial charge >= 0.3 is 0 Å². The first kappa shape index (κ1) is 10.8. The molecule has 0 aliphatic carbocycles. The van der Waals surface area contributed by atoms with Gasteiger partial charge in [0.1, 0.15) is 0 Å². The number of hydrogen-bond donors (Lipinski definition) is 2. The predicted molar refractivity (Wildman–Crippen MR) is 71.4 cm³/mol. The Morgan fingerprint density at radius 2 is 1.62 bits per heavy atom. The number of thiol groups is 1. The summed E-state index contributed by atoms with van der Waals surface area (Å²) in [6.07, 6.45) is 1.76. The summed E-state index contributed by atoms with van der Waals surface area (Å²) in [6.45, 7) is 0. The van der Waals surface area contributed by atoms with Gasteiger partial charge in [0, 0.05) is 10.5 Å². The maximum atomic E-state index is 4.34. The van der Waals surface area contributed by atoms with Crippen LogP contribution in [0.1, 0.15) is 5.56 Å². The van der Waals surface area contributed by atoms with Gasteiger partial charge < -0.3 is 0 Å². The molecular weight excluding hydrogens is 216 g/mol. The number of benzene rings is 2. The predicted octanol–water partition coefficient (Wildman–Crippen LogP) is 3.42. The second kappa shape index (κ2) is 5.37. The number of nitrogens with one attached hydrogen (secondary N) is 1. The van der Waals surface area contributed by atoms with Crippen molar-refractivity contribution in [1.29, 1.82) is 0 Å². The summed E-state index contributed by atoms with van der Waals surface area (Å²) in [4.78, 5) is 0.918. The third kappa shape index (κ3) is 2.87. The molecule has 0 unspecified atom stereocenters. The van der Waals surface area contributed by atoms with Gasteiger partial charge in [0.25, 0.3) is 0 Å². The van der Waals surface area contributed by atoms with Crippen LogP contribution in [0.15, 0.2) is 64.6 Å². The van der Waals surface area contributed by atoms with Crippen molar-refractivity contribution in [3.63, 3.8) is 0 Å². The summed E-state index contributed by atoms with van der Waals surface area (Å²) in [5, 5.41) is 4.15. The topological polar surface area (TPSA) is 24.4 Å². The minimum atomic E-state index is 0.918. The molecule has 0 aliphatic rings. The van der Waals surface area contributed by atoms with Gasteiger partial charge in [0.2, 0.25) is 0 Å². The third-order valence-corrected chi connectivity index (χ3v) is 2.52. The number of para-hydroxylation sites is 1. The maximum Gasteiger partial charge on any atom is 0.0561 e. The van der Waals surface area contributed by atoms with Crippen LogP contribution in [0.2, 0.25) is 0 Å². The Labute approximate surface area is 100 Å². The van der Waals surface area contributed by atoms with E-state index in [0.717, 1.165) is 16.1 Å². The molecule has 0 atom stereocenters. The van der Waals surface area contributed by atoms with Crippen molar-refractivity contribution < 1.29 is 0 Å². The largest absolute Gasteiger partial charge is 0.279 e. The first-order chi connectivity index (χ1) is 7.86. The fourth-order valence-electron chi connectivity index (χ4n) is 1.29. The van der Waals surface area contributed by atoms with E-state index < -0.39 is 0 Å². The highest BCUT2D eigenvalue weighted by Gasteiger charge is 1.92. The van der Waals surface area contributed by atoms with Crippen LogP contribution < -0.4 is 5.43 Å². The lowest BCUT2D eigenvalue weighted by atomic mass is 10.2. The number of rotatable bonds is 3. The van der Waals surface area contributed by atoms with E-state index in [2.05, 4.69) is 23.2 Å². The molecule has 0 saturated heterocycles. The van der Waals surface area contributed by atoms with Crippen LogP contribution in [0.25, 0.3) is 0 Å². The molecule has 0 bridgehead atoms. The highest BCUT2D eigenvalue weighted by Crippen LogP contribution is 2.10. The second-order valence-electron chi connectivity index (χ2n) is 3.29. The maximum absolute atomic E-state index is 4.34. The second-order valence-corrected chi connectivity index (χ2v) is 3.78. The summed E-state index contributed by atoms with van der Waals surface area (Å²) in [5.41, 5.74) is 4.92. The molecule has 2 rings (SSSR count). The molecule has 0 spiro atoms. The van der Waals surface area contributed by atoms with Crippen molar-refractivity contribution in [3.8, 4) is 0 Å². The molecular formula is C13H12N2S. The average molecular weight is 228 g/mol. The van der Waals surface area contributed by atoms with Crippen molar-refractivity contribution >= 4 is 24.5 Å². The molecule has 0 radical (unpaired) electrons. The highest BCUT2D eigenvalue weighted by atomic mass is 32.1. The van der Waals surface area contributed by atoms with Gasteiger partial charge in [-0.2, -0.15) is 5.10 Å². The van der Waals surface area contributed by atoms with E-state index in [1.807, 2.05) is 54.6 Å². The third-order valence-electron chi connectivity index (χ3n) is 2.11. The Morgan fingerprint density at radius 1 is 0.938 bits per heavy atom. The van der Waals surface area contributed by atoms with E-state index in [1.54, 1.807) is 6.21 Å². The van der Waals surface area contributed by atoms with Gasteiger partial charge in [-0.25, -0.2) is 0 Å². The molecule has 1 N–H and O–H groups in total. The van der Waals surface area contributed by atoms with Crippen molar-refractivity contribution in [1.82, 2.24) is 0 Å². The minimum absolute atomic E-state index is 0.918. The zero-order chi connectivity index (χ0) is 11.2. The zero-order valence-electron chi connectivity index (χ0n) is 8.67. The Bertz CT molecular complexity index is 480. The molecule has 3 heteroatoms. The van der Waals surface area contributed by atoms with Gasteiger partial charge in [0.05, 0.1) is 11.9 Å². The van der Waals surface area contributed by atoms with Crippen molar-refractivity contribution in [3.05, 3.63) is 60.2 Å². The molecule has 80 valence electrons. The zero-order valence-corrected chi connectivity index (χ0v) is 9.56. The van der Waals surface area contributed by atoms with Gasteiger partial charge in [-0.1, -0.05) is 36.4 Å². The minimum Gasteiger partial charge on any atom is -0.279 e. The van der Waals surface area contributed by atoms with Crippen LogP contribution in [0.3, 0.4) is 0 Å². The fourth-order valence-corrected chi connectivity index (χ4v) is 1.50. The first-order valence-electron chi connectivity index (χ1n) is 4.98. The Morgan fingerprint density at radius 3 is 2.38 bits per heavy atom. The van der Waals surface area contributed by atoms with Crippen molar-refractivity contribution in [2.24, 2.45) is 5.10 Å². The van der Waals surface area contributed by atoms with Crippen molar-refractivity contribution in [2.75, 3.05) is 5.43 Å². The Balaban J connectivity index is 2.03.